The molecule has 2 amide bonds. The maximum absolute atomic E-state index is 12.0. The van der Waals surface area contributed by atoms with E-state index in [0.717, 1.165) is 5.56 Å². The molecule has 0 atom stereocenters. The minimum absolute atomic E-state index is 0.133. The first-order valence-electron chi connectivity index (χ1n) is 8.70. The van der Waals surface area contributed by atoms with E-state index in [9.17, 15) is 18.0 Å². The van der Waals surface area contributed by atoms with Crippen molar-refractivity contribution in [3.63, 3.8) is 0 Å². The zero-order valence-corrected chi connectivity index (χ0v) is 16.3. The van der Waals surface area contributed by atoms with Gasteiger partial charge in [-0.05, 0) is 48.4 Å². The second kappa shape index (κ2) is 9.86. The number of sulfonamides is 1. The molecule has 0 aliphatic heterocycles. The molecule has 0 radical (unpaired) electrons. The summed E-state index contributed by atoms with van der Waals surface area (Å²) in [5.74, 6) is -0.421. The van der Waals surface area contributed by atoms with Gasteiger partial charge in [0.05, 0.1) is 11.3 Å². The van der Waals surface area contributed by atoms with Gasteiger partial charge in [-0.25, -0.2) is 13.1 Å². The summed E-state index contributed by atoms with van der Waals surface area (Å²) in [4.78, 5) is 23.0. The minimum Gasteiger partial charge on any atom is -0.484 e. The highest BCUT2D eigenvalue weighted by molar-refractivity contribution is 7.89. The molecular formula is C19H23N3O5S. The molecule has 4 N–H and O–H groups in total. The zero-order valence-electron chi connectivity index (χ0n) is 15.5. The molecule has 0 fully saturated rings. The Labute approximate surface area is 164 Å². The number of hydrogen-bond donors (Lipinski definition) is 3. The van der Waals surface area contributed by atoms with E-state index in [0.29, 0.717) is 24.4 Å². The van der Waals surface area contributed by atoms with E-state index in [4.69, 9.17) is 10.5 Å². The van der Waals surface area contributed by atoms with E-state index < -0.39 is 15.9 Å². The Morgan fingerprint density at radius 3 is 2.25 bits per heavy atom. The average molecular weight is 405 g/mol. The van der Waals surface area contributed by atoms with E-state index in [2.05, 4.69) is 10.0 Å². The van der Waals surface area contributed by atoms with Gasteiger partial charge in [-0.2, -0.15) is 0 Å². The van der Waals surface area contributed by atoms with Gasteiger partial charge in [-0.15, -0.1) is 0 Å². The Morgan fingerprint density at radius 2 is 1.68 bits per heavy atom. The second-order valence-corrected chi connectivity index (χ2v) is 7.81. The van der Waals surface area contributed by atoms with E-state index in [1.54, 1.807) is 24.3 Å². The third kappa shape index (κ3) is 6.67. The lowest BCUT2D eigenvalue weighted by molar-refractivity contribution is -0.118. The molecule has 9 heteroatoms. The maximum atomic E-state index is 12.0. The van der Waals surface area contributed by atoms with Crippen LogP contribution in [0, 0.1) is 0 Å². The van der Waals surface area contributed by atoms with Crippen LogP contribution in [-0.4, -0.2) is 33.4 Å². The molecular weight excluding hydrogens is 382 g/mol. The highest BCUT2D eigenvalue weighted by Gasteiger charge is 2.13. The van der Waals surface area contributed by atoms with Crippen molar-refractivity contribution in [3.8, 4) is 5.75 Å². The Hall–Kier alpha value is -2.91. The molecule has 0 saturated carbocycles. The summed E-state index contributed by atoms with van der Waals surface area (Å²) < 4.78 is 31.9. The second-order valence-electron chi connectivity index (χ2n) is 6.05. The number of rotatable bonds is 10. The number of benzene rings is 2. The molecule has 0 spiro atoms. The lowest BCUT2D eigenvalue weighted by Crippen LogP contribution is -2.24. The van der Waals surface area contributed by atoms with Gasteiger partial charge in [-0.3, -0.25) is 9.59 Å². The van der Waals surface area contributed by atoms with Gasteiger partial charge in [0.25, 0.3) is 5.91 Å². The smallest absolute Gasteiger partial charge is 0.262 e. The number of carbonyl (C=O) groups excluding carboxylic acids is 2. The van der Waals surface area contributed by atoms with Gasteiger partial charge in [0.1, 0.15) is 5.75 Å². The van der Waals surface area contributed by atoms with Crippen LogP contribution in [0.4, 0.5) is 5.69 Å². The van der Waals surface area contributed by atoms with Crippen LogP contribution in [0.15, 0.2) is 53.4 Å². The van der Waals surface area contributed by atoms with Gasteiger partial charge in [0.15, 0.2) is 6.61 Å². The van der Waals surface area contributed by atoms with Crippen molar-refractivity contribution in [1.82, 2.24) is 4.72 Å². The van der Waals surface area contributed by atoms with E-state index in [-0.39, 0.29) is 23.8 Å². The van der Waals surface area contributed by atoms with Crippen molar-refractivity contribution < 1.29 is 22.7 Å². The van der Waals surface area contributed by atoms with Crippen molar-refractivity contribution >= 4 is 27.5 Å². The van der Waals surface area contributed by atoms with E-state index in [1.807, 2.05) is 6.92 Å². The van der Waals surface area contributed by atoms with Crippen molar-refractivity contribution in [2.75, 3.05) is 18.5 Å². The fraction of sp³-hybridized carbons (Fsp3) is 0.263. The van der Waals surface area contributed by atoms with Crippen LogP contribution in [-0.2, 0) is 26.0 Å². The fourth-order valence-electron chi connectivity index (χ4n) is 2.29. The highest BCUT2D eigenvalue weighted by atomic mass is 32.2. The molecule has 0 aromatic heterocycles. The lowest BCUT2D eigenvalue weighted by atomic mass is 10.1. The maximum Gasteiger partial charge on any atom is 0.262 e. The Kier molecular flexibility index (Phi) is 7.53. The summed E-state index contributed by atoms with van der Waals surface area (Å²) >= 11 is 0. The molecule has 0 aliphatic rings. The molecule has 2 aromatic rings. The quantitative estimate of drug-likeness (QED) is 0.551. The van der Waals surface area contributed by atoms with E-state index in [1.165, 1.54) is 24.3 Å². The molecule has 0 unspecified atom stereocenters. The van der Waals surface area contributed by atoms with Crippen LogP contribution in [0.5, 0.6) is 5.75 Å². The number of ether oxygens (including phenoxy) is 1. The lowest BCUT2D eigenvalue weighted by Gasteiger charge is -2.09. The Bertz CT molecular complexity index is 910. The zero-order chi connectivity index (χ0) is 20.6. The Balaban J connectivity index is 1.86. The predicted molar refractivity (Wildman–Crippen MR) is 105 cm³/mol. The van der Waals surface area contributed by atoms with Crippen molar-refractivity contribution in [2.24, 2.45) is 5.73 Å². The third-order valence-electron chi connectivity index (χ3n) is 3.66. The largest absolute Gasteiger partial charge is 0.484 e. The van der Waals surface area contributed by atoms with Crippen LogP contribution in [0.3, 0.4) is 0 Å². The standard InChI is InChI=1S/C19H23N3O5S/c1-2-11-21-28(25,26)17-9-7-16(8-10-17)27-13-19(24)22-15-5-3-14(4-6-15)12-18(20)23/h3-10,21H,2,11-13H2,1H3,(H2,20,23)(H,22,24). The molecule has 2 rings (SSSR count). The fourth-order valence-corrected chi connectivity index (χ4v) is 3.42. The van der Waals surface area contributed by atoms with Gasteiger partial charge in [0, 0.05) is 12.2 Å². The minimum atomic E-state index is -3.54. The average Bonchev–Trinajstić information content (AvgIpc) is 2.66. The highest BCUT2D eigenvalue weighted by Crippen LogP contribution is 2.16. The molecule has 28 heavy (non-hydrogen) atoms. The van der Waals surface area contributed by atoms with Crippen molar-refractivity contribution in [2.45, 2.75) is 24.7 Å². The van der Waals surface area contributed by atoms with Gasteiger partial charge >= 0.3 is 0 Å². The van der Waals surface area contributed by atoms with Crippen LogP contribution in [0.2, 0.25) is 0 Å². The number of hydrogen-bond acceptors (Lipinski definition) is 5. The van der Waals surface area contributed by atoms with Crippen LogP contribution < -0.4 is 20.5 Å². The first-order valence-corrected chi connectivity index (χ1v) is 10.2. The summed E-state index contributed by atoms with van der Waals surface area (Å²) in [6.45, 7) is 2.01. The summed E-state index contributed by atoms with van der Waals surface area (Å²) in [5, 5.41) is 2.67. The monoisotopic (exact) mass is 405 g/mol. The molecule has 150 valence electrons. The molecule has 0 aliphatic carbocycles. The van der Waals surface area contributed by atoms with Crippen LogP contribution in [0.1, 0.15) is 18.9 Å². The number of nitrogens with one attached hydrogen (secondary N) is 2. The summed E-state index contributed by atoms with van der Waals surface area (Å²) in [5.41, 5.74) is 6.45. The molecule has 0 bridgehead atoms. The summed E-state index contributed by atoms with van der Waals surface area (Å²) in [7, 11) is -3.54. The first kappa shape index (κ1) is 21.4. The Morgan fingerprint density at radius 1 is 1.04 bits per heavy atom. The topological polar surface area (TPSA) is 128 Å². The first-order chi connectivity index (χ1) is 13.3. The van der Waals surface area contributed by atoms with Crippen LogP contribution in [0.25, 0.3) is 0 Å². The normalized spacial score (nSPS) is 11.0. The predicted octanol–water partition coefficient (Wildman–Crippen LogP) is 1.42. The number of anilines is 1. The van der Waals surface area contributed by atoms with Gasteiger partial charge in [-0.1, -0.05) is 19.1 Å². The molecule has 2 aromatic carbocycles. The number of carbonyl (C=O) groups is 2. The number of nitrogens with two attached hydrogens (primary N) is 1. The van der Waals surface area contributed by atoms with E-state index >= 15 is 0 Å². The van der Waals surface area contributed by atoms with Crippen molar-refractivity contribution in [3.05, 3.63) is 54.1 Å². The number of primary amides is 1. The third-order valence-corrected chi connectivity index (χ3v) is 5.14. The summed E-state index contributed by atoms with van der Waals surface area (Å²) in [6.07, 6.45) is 0.834. The van der Waals surface area contributed by atoms with Gasteiger partial charge < -0.3 is 15.8 Å². The number of amides is 2. The molecule has 8 nitrogen and oxygen atoms in total. The summed E-state index contributed by atoms with van der Waals surface area (Å²) in [6, 6.07) is 12.6. The van der Waals surface area contributed by atoms with Crippen molar-refractivity contribution in [1.29, 1.82) is 0 Å². The molecule has 0 saturated heterocycles. The SMILES string of the molecule is CCCNS(=O)(=O)c1ccc(OCC(=O)Nc2ccc(CC(N)=O)cc2)cc1. The van der Waals surface area contributed by atoms with Gasteiger partial charge in [0.2, 0.25) is 15.9 Å². The van der Waals surface area contributed by atoms with Crippen LogP contribution >= 0.6 is 0 Å². The molecule has 0 heterocycles.